The predicted molar refractivity (Wildman–Crippen MR) is 105 cm³/mol. The van der Waals surface area contributed by atoms with Gasteiger partial charge in [-0.3, -0.25) is 10.1 Å². The Kier molecular flexibility index (Phi) is 5.29. The first-order valence-corrected chi connectivity index (χ1v) is 9.38. The van der Waals surface area contributed by atoms with Crippen molar-refractivity contribution >= 4 is 22.4 Å². The van der Waals surface area contributed by atoms with E-state index in [1.54, 1.807) is 0 Å². The molecule has 0 aliphatic rings. The standard InChI is InChI=1S/C21H22N2OS/c1-4-15(3)16-9-11-17(12-10-16)19-13-25-21(22-19)23-20(24)18-7-5-14(2)6-8-18/h5-13,15H,4H2,1-3H3,(H,22,23,24). The summed E-state index contributed by atoms with van der Waals surface area (Å²) in [6.07, 6.45) is 1.13. The van der Waals surface area contributed by atoms with E-state index < -0.39 is 0 Å². The number of nitrogens with one attached hydrogen (secondary N) is 1. The van der Waals surface area contributed by atoms with Crippen molar-refractivity contribution in [2.45, 2.75) is 33.1 Å². The lowest BCUT2D eigenvalue weighted by atomic mass is 9.97. The van der Waals surface area contributed by atoms with Crippen LogP contribution in [0.2, 0.25) is 0 Å². The molecule has 0 radical (unpaired) electrons. The maximum Gasteiger partial charge on any atom is 0.257 e. The average Bonchev–Trinajstić information content (AvgIpc) is 3.10. The zero-order chi connectivity index (χ0) is 17.8. The second kappa shape index (κ2) is 7.62. The monoisotopic (exact) mass is 350 g/mol. The Morgan fingerprint density at radius 1 is 1.12 bits per heavy atom. The normalized spacial score (nSPS) is 12.0. The number of benzene rings is 2. The van der Waals surface area contributed by atoms with Crippen molar-refractivity contribution < 1.29 is 4.79 Å². The van der Waals surface area contributed by atoms with Crippen LogP contribution in [0.5, 0.6) is 0 Å². The molecule has 1 heterocycles. The summed E-state index contributed by atoms with van der Waals surface area (Å²) in [5.74, 6) is 0.432. The molecular formula is C21H22N2OS. The number of hydrogen-bond donors (Lipinski definition) is 1. The lowest BCUT2D eigenvalue weighted by molar-refractivity contribution is 0.102. The second-order valence-electron chi connectivity index (χ2n) is 6.29. The summed E-state index contributed by atoms with van der Waals surface area (Å²) < 4.78 is 0. The third-order valence-corrected chi connectivity index (χ3v) is 5.18. The molecule has 4 heteroatoms. The summed E-state index contributed by atoms with van der Waals surface area (Å²) in [7, 11) is 0. The van der Waals surface area contributed by atoms with Gasteiger partial charge in [0.1, 0.15) is 0 Å². The Morgan fingerprint density at radius 3 is 2.44 bits per heavy atom. The number of anilines is 1. The first-order valence-electron chi connectivity index (χ1n) is 8.50. The van der Waals surface area contributed by atoms with Crippen molar-refractivity contribution in [3.05, 3.63) is 70.6 Å². The van der Waals surface area contributed by atoms with Crippen LogP contribution in [0.3, 0.4) is 0 Å². The molecule has 0 aliphatic heterocycles. The van der Waals surface area contributed by atoms with Gasteiger partial charge in [0.2, 0.25) is 0 Å². The molecule has 0 aliphatic carbocycles. The summed E-state index contributed by atoms with van der Waals surface area (Å²) in [5, 5.41) is 5.47. The number of carbonyl (C=O) groups is 1. The minimum absolute atomic E-state index is 0.131. The number of rotatable bonds is 5. The number of thiazole rings is 1. The highest BCUT2D eigenvalue weighted by atomic mass is 32.1. The highest BCUT2D eigenvalue weighted by Gasteiger charge is 2.10. The van der Waals surface area contributed by atoms with E-state index in [4.69, 9.17) is 0 Å². The first-order chi connectivity index (χ1) is 12.1. The van der Waals surface area contributed by atoms with Gasteiger partial charge in [-0.2, -0.15) is 0 Å². The molecule has 0 saturated carbocycles. The quantitative estimate of drug-likeness (QED) is 0.624. The van der Waals surface area contributed by atoms with Crippen LogP contribution >= 0.6 is 11.3 Å². The SMILES string of the molecule is CCC(C)c1ccc(-c2csc(NC(=O)c3ccc(C)cc3)n2)cc1. The van der Waals surface area contributed by atoms with Gasteiger partial charge in [0.15, 0.2) is 5.13 Å². The van der Waals surface area contributed by atoms with Crippen LogP contribution in [0.15, 0.2) is 53.9 Å². The van der Waals surface area contributed by atoms with Crippen LogP contribution < -0.4 is 5.32 Å². The van der Waals surface area contributed by atoms with Crippen molar-refractivity contribution in [2.75, 3.05) is 5.32 Å². The molecule has 1 N–H and O–H groups in total. The van der Waals surface area contributed by atoms with Gasteiger partial charge in [-0.05, 0) is 37.0 Å². The number of nitrogens with zero attached hydrogens (tertiary/aromatic N) is 1. The van der Waals surface area contributed by atoms with Crippen LogP contribution in [0.25, 0.3) is 11.3 Å². The third-order valence-electron chi connectivity index (χ3n) is 4.43. The molecule has 3 aromatic rings. The maximum atomic E-state index is 12.3. The van der Waals surface area contributed by atoms with Gasteiger partial charge in [0.05, 0.1) is 5.69 Å². The number of aromatic nitrogens is 1. The number of amides is 1. The first kappa shape index (κ1) is 17.4. The Hall–Kier alpha value is -2.46. The topological polar surface area (TPSA) is 42.0 Å². The van der Waals surface area contributed by atoms with E-state index in [1.165, 1.54) is 16.9 Å². The van der Waals surface area contributed by atoms with Crippen LogP contribution in [0, 0.1) is 6.92 Å². The van der Waals surface area contributed by atoms with E-state index in [-0.39, 0.29) is 5.91 Å². The molecule has 1 amide bonds. The van der Waals surface area contributed by atoms with Crippen molar-refractivity contribution in [3.63, 3.8) is 0 Å². The highest BCUT2D eigenvalue weighted by molar-refractivity contribution is 7.14. The molecule has 3 rings (SSSR count). The molecule has 0 saturated heterocycles. The van der Waals surface area contributed by atoms with Gasteiger partial charge >= 0.3 is 0 Å². The highest BCUT2D eigenvalue weighted by Crippen LogP contribution is 2.27. The molecule has 25 heavy (non-hydrogen) atoms. The van der Waals surface area contributed by atoms with Crippen LogP contribution in [-0.2, 0) is 0 Å². The molecule has 0 spiro atoms. The Labute approximate surface area is 152 Å². The van der Waals surface area contributed by atoms with Gasteiger partial charge in [-0.15, -0.1) is 11.3 Å². The van der Waals surface area contributed by atoms with E-state index in [0.29, 0.717) is 16.6 Å². The fraction of sp³-hybridized carbons (Fsp3) is 0.238. The molecule has 128 valence electrons. The molecule has 0 fully saturated rings. The minimum atomic E-state index is -0.131. The summed E-state index contributed by atoms with van der Waals surface area (Å²) >= 11 is 1.44. The third kappa shape index (κ3) is 4.15. The Morgan fingerprint density at radius 2 is 1.80 bits per heavy atom. The summed E-state index contributed by atoms with van der Waals surface area (Å²) in [6.45, 7) is 6.43. The van der Waals surface area contributed by atoms with Crippen molar-refractivity contribution in [3.8, 4) is 11.3 Å². The molecule has 1 aromatic heterocycles. The van der Waals surface area contributed by atoms with Gasteiger partial charge in [0.25, 0.3) is 5.91 Å². The molecular weight excluding hydrogens is 328 g/mol. The van der Waals surface area contributed by atoms with E-state index in [2.05, 4.69) is 48.4 Å². The smallest absolute Gasteiger partial charge is 0.257 e. The van der Waals surface area contributed by atoms with E-state index in [1.807, 2.05) is 36.6 Å². The summed E-state index contributed by atoms with van der Waals surface area (Å²) in [6, 6.07) is 16.0. The van der Waals surface area contributed by atoms with Crippen LogP contribution in [0.4, 0.5) is 5.13 Å². The molecule has 1 unspecified atom stereocenters. The maximum absolute atomic E-state index is 12.3. The molecule has 0 bridgehead atoms. The van der Waals surface area contributed by atoms with Crippen molar-refractivity contribution in [1.82, 2.24) is 4.98 Å². The Balaban J connectivity index is 1.71. The average molecular weight is 350 g/mol. The van der Waals surface area contributed by atoms with E-state index >= 15 is 0 Å². The number of carbonyl (C=O) groups excluding carboxylic acids is 1. The van der Waals surface area contributed by atoms with Gasteiger partial charge in [-0.25, -0.2) is 4.98 Å². The molecule has 3 nitrogen and oxygen atoms in total. The zero-order valence-corrected chi connectivity index (χ0v) is 15.6. The van der Waals surface area contributed by atoms with Crippen LogP contribution in [0.1, 0.15) is 47.7 Å². The summed E-state index contributed by atoms with van der Waals surface area (Å²) in [4.78, 5) is 16.8. The van der Waals surface area contributed by atoms with Gasteiger partial charge < -0.3 is 0 Å². The number of hydrogen-bond acceptors (Lipinski definition) is 3. The summed E-state index contributed by atoms with van der Waals surface area (Å²) in [5.41, 5.74) is 5.07. The van der Waals surface area contributed by atoms with E-state index in [0.717, 1.165) is 23.2 Å². The van der Waals surface area contributed by atoms with Gasteiger partial charge in [-0.1, -0.05) is 55.8 Å². The lowest BCUT2D eigenvalue weighted by Gasteiger charge is -2.08. The lowest BCUT2D eigenvalue weighted by Crippen LogP contribution is -2.11. The van der Waals surface area contributed by atoms with E-state index in [9.17, 15) is 4.79 Å². The predicted octanol–water partition coefficient (Wildman–Crippen LogP) is 5.88. The molecule has 2 aromatic carbocycles. The Bertz CT molecular complexity index is 850. The largest absolute Gasteiger partial charge is 0.298 e. The van der Waals surface area contributed by atoms with Gasteiger partial charge in [0, 0.05) is 16.5 Å². The fourth-order valence-electron chi connectivity index (χ4n) is 2.56. The van der Waals surface area contributed by atoms with Crippen molar-refractivity contribution in [2.24, 2.45) is 0 Å². The zero-order valence-electron chi connectivity index (χ0n) is 14.7. The van der Waals surface area contributed by atoms with Crippen molar-refractivity contribution in [1.29, 1.82) is 0 Å². The van der Waals surface area contributed by atoms with Crippen LogP contribution in [-0.4, -0.2) is 10.9 Å². The fourth-order valence-corrected chi connectivity index (χ4v) is 3.27. The minimum Gasteiger partial charge on any atom is -0.298 e. The molecule has 1 atom stereocenters. The number of aryl methyl sites for hydroxylation is 1. The second-order valence-corrected chi connectivity index (χ2v) is 7.15.